The zero-order valence-corrected chi connectivity index (χ0v) is 14.9. The first-order valence-corrected chi connectivity index (χ1v) is 9.80. The van der Waals surface area contributed by atoms with Gasteiger partial charge in [-0.1, -0.05) is 81.4 Å². The highest BCUT2D eigenvalue weighted by Crippen LogP contribution is 2.41. The first-order valence-electron chi connectivity index (χ1n) is 7.85. The summed E-state index contributed by atoms with van der Waals surface area (Å²) in [4.78, 5) is 23.2. The maximum absolute atomic E-state index is 11.9. The van der Waals surface area contributed by atoms with E-state index in [9.17, 15) is 14.7 Å². The van der Waals surface area contributed by atoms with Crippen molar-refractivity contribution in [3.05, 3.63) is 60.7 Å². The third-order valence-corrected chi connectivity index (χ3v) is 9.10. The smallest absolute Gasteiger partial charge is 0.306 e. The van der Waals surface area contributed by atoms with Crippen LogP contribution in [0.3, 0.4) is 0 Å². The summed E-state index contributed by atoms with van der Waals surface area (Å²) < 4.78 is 0. The molecule has 0 spiro atoms. The molecule has 0 aliphatic heterocycles. The van der Waals surface area contributed by atoms with Gasteiger partial charge in [-0.25, -0.2) is 0 Å². The first kappa shape index (κ1) is 17.4. The van der Waals surface area contributed by atoms with E-state index in [2.05, 4.69) is 0 Å². The molecule has 2 aromatic carbocycles. The highest BCUT2D eigenvalue weighted by atomic mass is 28.4. The van der Waals surface area contributed by atoms with Gasteiger partial charge in [-0.2, -0.15) is 0 Å². The molecule has 0 bridgehead atoms. The van der Waals surface area contributed by atoms with Crippen molar-refractivity contribution in [3.63, 3.8) is 0 Å². The third kappa shape index (κ3) is 3.38. The van der Waals surface area contributed by atoms with Crippen LogP contribution in [0.25, 0.3) is 0 Å². The molecule has 0 saturated heterocycles. The topological polar surface area (TPSA) is 57.5 Å². The number of carboxylic acid groups (broad SMARTS) is 1. The molecule has 0 saturated carbocycles. The molecule has 0 amide bonds. The van der Waals surface area contributed by atoms with E-state index in [1.807, 2.05) is 74.5 Å². The molecular weight excluding hydrogens is 304 g/mol. The molecule has 1 atom stereocenters. The average molecular weight is 328 g/mol. The van der Waals surface area contributed by atoms with Crippen molar-refractivity contribution >= 4 is 24.7 Å². The molecule has 2 aromatic rings. The minimum absolute atomic E-state index is 0.425. The quantitative estimate of drug-likeness (QED) is 0.802. The van der Waals surface area contributed by atoms with Crippen molar-refractivity contribution in [2.24, 2.45) is 5.92 Å². The molecule has 0 aliphatic carbocycles. The lowest BCUT2D eigenvalue weighted by molar-refractivity contribution is -0.141. The molecule has 23 heavy (non-hydrogen) atoms. The monoisotopic (exact) mass is 328 g/mol. The number of carboxylic acids is 1. The number of carbonyl (C=O) groups is 1. The average Bonchev–Trinajstić information content (AvgIpc) is 2.55. The lowest BCUT2D eigenvalue weighted by atomic mass is 9.98. The van der Waals surface area contributed by atoms with Crippen LogP contribution in [0.1, 0.15) is 27.2 Å². The van der Waals surface area contributed by atoms with E-state index in [0.29, 0.717) is 6.42 Å². The number of aliphatic carboxylic acids is 1. The highest BCUT2D eigenvalue weighted by Gasteiger charge is 2.50. The molecular formula is C19H24O3Si. The Morgan fingerprint density at radius 3 is 1.74 bits per heavy atom. The van der Waals surface area contributed by atoms with E-state index >= 15 is 0 Å². The second-order valence-corrected chi connectivity index (χ2v) is 10.7. The van der Waals surface area contributed by atoms with E-state index < -0.39 is 25.2 Å². The van der Waals surface area contributed by atoms with Gasteiger partial charge in [-0.15, -0.1) is 0 Å². The summed E-state index contributed by atoms with van der Waals surface area (Å²) in [5.74, 6) is -1.33. The second-order valence-electron chi connectivity index (χ2n) is 6.77. The van der Waals surface area contributed by atoms with Crippen LogP contribution in [-0.2, 0) is 4.79 Å². The molecule has 2 N–H and O–H groups in total. The largest absolute Gasteiger partial charge is 0.481 e. The minimum atomic E-state index is -3.10. The Balaban J connectivity index is 2.56. The Morgan fingerprint density at radius 2 is 1.39 bits per heavy atom. The summed E-state index contributed by atoms with van der Waals surface area (Å²) in [5.41, 5.74) is 0. The highest BCUT2D eigenvalue weighted by molar-refractivity contribution is 6.98. The van der Waals surface area contributed by atoms with Crippen molar-refractivity contribution in [1.29, 1.82) is 0 Å². The van der Waals surface area contributed by atoms with Crippen molar-refractivity contribution in [3.8, 4) is 0 Å². The molecule has 3 nitrogen and oxygen atoms in total. The van der Waals surface area contributed by atoms with Gasteiger partial charge in [-0.3, -0.25) is 4.79 Å². The zero-order chi connectivity index (χ0) is 17.1. The summed E-state index contributed by atoms with van der Waals surface area (Å²) in [6.45, 7) is 5.67. The van der Waals surface area contributed by atoms with Crippen molar-refractivity contribution < 1.29 is 14.7 Å². The molecule has 0 aliphatic rings. The minimum Gasteiger partial charge on any atom is -0.481 e. The van der Waals surface area contributed by atoms with Crippen LogP contribution < -0.4 is 10.4 Å². The van der Waals surface area contributed by atoms with E-state index in [-0.39, 0.29) is 0 Å². The Hall–Kier alpha value is -1.91. The molecule has 0 unspecified atom stereocenters. The predicted molar refractivity (Wildman–Crippen MR) is 95.6 cm³/mol. The van der Waals surface area contributed by atoms with Crippen molar-refractivity contribution in [2.75, 3.05) is 0 Å². The first-order chi connectivity index (χ1) is 10.8. The van der Waals surface area contributed by atoms with Gasteiger partial charge >= 0.3 is 5.97 Å². The Morgan fingerprint density at radius 1 is 1.00 bits per heavy atom. The van der Waals surface area contributed by atoms with Gasteiger partial charge in [0, 0.05) is 0 Å². The molecule has 122 valence electrons. The van der Waals surface area contributed by atoms with Crippen LogP contribution in [0, 0.1) is 5.92 Å². The summed E-state index contributed by atoms with van der Waals surface area (Å²) in [6, 6.07) is 19.4. The zero-order valence-electron chi connectivity index (χ0n) is 13.9. The van der Waals surface area contributed by atoms with Gasteiger partial charge in [0.1, 0.15) is 0 Å². The van der Waals surface area contributed by atoms with Gasteiger partial charge in [0.15, 0.2) is 0 Å². The summed E-state index contributed by atoms with van der Waals surface area (Å²) in [5, 5.41) is 10.6. The maximum Gasteiger partial charge on any atom is 0.306 e. The summed E-state index contributed by atoms with van der Waals surface area (Å²) in [7, 11) is -3.10. The number of rotatable bonds is 6. The van der Waals surface area contributed by atoms with Crippen LogP contribution >= 0.6 is 0 Å². The van der Waals surface area contributed by atoms with Gasteiger partial charge in [0.25, 0.3) is 8.32 Å². The predicted octanol–water partition coefficient (Wildman–Crippen LogP) is 2.63. The van der Waals surface area contributed by atoms with E-state index in [1.54, 1.807) is 6.92 Å². The van der Waals surface area contributed by atoms with Crippen LogP contribution in [0.4, 0.5) is 0 Å². The maximum atomic E-state index is 11.9. The molecule has 0 fully saturated rings. The fourth-order valence-corrected chi connectivity index (χ4v) is 7.15. The SMILES string of the molecule is C[C@H](CC(C)(C)[Si](O)(c1ccccc1)c1ccccc1)C(=O)O. The van der Waals surface area contributed by atoms with Crippen LogP contribution in [0.5, 0.6) is 0 Å². The fraction of sp³-hybridized carbons (Fsp3) is 0.316. The van der Waals surface area contributed by atoms with Crippen LogP contribution in [-0.4, -0.2) is 24.2 Å². The van der Waals surface area contributed by atoms with E-state index in [0.717, 1.165) is 10.4 Å². The van der Waals surface area contributed by atoms with Gasteiger partial charge < -0.3 is 9.90 Å². The number of hydrogen-bond acceptors (Lipinski definition) is 2. The van der Waals surface area contributed by atoms with E-state index in [1.165, 1.54) is 0 Å². The molecule has 0 radical (unpaired) electrons. The Kier molecular flexibility index (Phi) is 5.07. The summed E-state index contributed by atoms with van der Waals surface area (Å²) >= 11 is 0. The van der Waals surface area contributed by atoms with Crippen molar-refractivity contribution in [2.45, 2.75) is 32.2 Å². The molecule has 0 heterocycles. The lowest BCUT2D eigenvalue weighted by Crippen LogP contribution is -2.65. The Labute approximate surface area is 138 Å². The standard InChI is InChI=1S/C19H24O3Si/c1-15(18(20)21)14-19(2,3)23(22,16-10-6-4-7-11-16)17-12-8-5-9-13-17/h4-13,15,22H,14H2,1-3H3,(H,20,21)/t15-/m1/s1. The summed E-state index contributed by atoms with van der Waals surface area (Å²) in [6.07, 6.45) is 0.425. The van der Waals surface area contributed by atoms with Crippen LogP contribution in [0.15, 0.2) is 60.7 Å². The van der Waals surface area contributed by atoms with Gasteiger partial charge in [-0.05, 0) is 21.8 Å². The van der Waals surface area contributed by atoms with E-state index in [4.69, 9.17) is 0 Å². The molecule has 2 rings (SSSR count). The van der Waals surface area contributed by atoms with Crippen LogP contribution in [0.2, 0.25) is 5.04 Å². The van der Waals surface area contributed by atoms with Gasteiger partial charge in [0.05, 0.1) is 5.92 Å². The number of benzene rings is 2. The van der Waals surface area contributed by atoms with Gasteiger partial charge in [0.2, 0.25) is 0 Å². The number of hydrogen-bond donors (Lipinski definition) is 2. The second kappa shape index (κ2) is 6.68. The molecule has 0 aromatic heterocycles. The Bertz CT molecular complexity index is 613. The third-order valence-electron chi connectivity index (χ3n) is 4.60. The molecule has 4 heteroatoms. The fourth-order valence-electron chi connectivity index (χ4n) is 3.31. The normalized spacial score (nSPS) is 13.6. The van der Waals surface area contributed by atoms with Crippen molar-refractivity contribution in [1.82, 2.24) is 0 Å². The lowest BCUT2D eigenvalue weighted by Gasteiger charge is -2.42.